The van der Waals surface area contributed by atoms with Gasteiger partial charge in [0.15, 0.2) is 11.5 Å². The Morgan fingerprint density at radius 3 is 2.09 bits per heavy atom. The highest BCUT2D eigenvalue weighted by molar-refractivity contribution is 5.50. The van der Waals surface area contributed by atoms with Gasteiger partial charge in [0.2, 0.25) is 0 Å². The molecule has 2 N–H and O–H groups in total. The molecule has 1 fully saturated rings. The molecule has 0 bridgehead atoms. The highest BCUT2D eigenvalue weighted by Crippen LogP contribution is 2.34. The molecule has 0 unspecified atom stereocenters. The van der Waals surface area contributed by atoms with E-state index in [0.29, 0.717) is 5.75 Å². The number of benzene rings is 1. The van der Waals surface area contributed by atoms with Gasteiger partial charge in [-0.2, -0.15) is 0 Å². The summed E-state index contributed by atoms with van der Waals surface area (Å²) in [6, 6.07) is 3.85. The van der Waals surface area contributed by atoms with E-state index in [1.54, 1.807) is 21.3 Å². The maximum absolute atomic E-state index is 5.44. The number of hydrogen-bond donors (Lipinski definition) is 2. The van der Waals surface area contributed by atoms with Crippen LogP contribution in [0.2, 0.25) is 0 Å². The third-order valence-corrected chi connectivity index (χ3v) is 3.99. The average Bonchev–Trinajstić information content (AvgIpc) is 2.55. The van der Waals surface area contributed by atoms with Crippen LogP contribution in [0, 0.1) is 5.92 Å². The van der Waals surface area contributed by atoms with Gasteiger partial charge >= 0.3 is 0 Å². The SMILES string of the molecule is COc1cc(OC)c(OC)cc1CNCC1CCNCC1.[Cl-].[Cl-]. The lowest BCUT2D eigenvalue weighted by Crippen LogP contribution is -3.00. The lowest BCUT2D eigenvalue weighted by Gasteiger charge is -2.23. The fraction of sp³-hybridized carbons (Fsp3) is 0.625. The molecule has 5 nitrogen and oxygen atoms in total. The van der Waals surface area contributed by atoms with Crippen molar-refractivity contribution >= 4 is 0 Å². The topological polar surface area (TPSA) is 51.8 Å². The zero-order chi connectivity index (χ0) is 15.1. The van der Waals surface area contributed by atoms with Gasteiger partial charge in [0.05, 0.1) is 21.3 Å². The Labute approximate surface area is 151 Å². The van der Waals surface area contributed by atoms with Crippen LogP contribution in [0.3, 0.4) is 0 Å². The summed E-state index contributed by atoms with van der Waals surface area (Å²) in [5.41, 5.74) is 1.09. The Morgan fingerprint density at radius 1 is 0.957 bits per heavy atom. The quantitative estimate of drug-likeness (QED) is 0.514. The van der Waals surface area contributed by atoms with Crippen LogP contribution in [0.5, 0.6) is 17.2 Å². The number of methoxy groups -OCH3 is 3. The van der Waals surface area contributed by atoms with Crippen molar-refractivity contribution in [1.29, 1.82) is 0 Å². The first-order valence-corrected chi connectivity index (χ1v) is 7.48. The van der Waals surface area contributed by atoms with Crippen LogP contribution in [0.15, 0.2) is 12.1 Å². The van der Waals surface area contributed by atoms with E-state index in [-0.39, 0.29) is 24.8 Å². The van der Waals surface area contributed by atoms with Crippen LogP contribution in [-0.4, -0.2) is 41.0 Å². The zero-order valence-electron chi connectivity index (χ0n) is 14.0. The van der Waals surface area contributed by atoms with E-state index in [4.69, 9.17) is 14.2 Å². The van der Waals surface area contributed by atoms with Gasteiger partial charge in [-0.15, -0.1) is 0 Å². The smallest absolute Gasteiger partial charge is 0.164 e. The second-order valence-electron chi connectivity index (χ2n) is 5.34. The number of rotatable bonds is 7. The first kappa shape index (κ1) is 22.1. The molecule has 1 aromatic carbocycles. The normalized spacial score (nSPS) is 14.4. The van der Waals surface area contributed by atoms with Crippen molar-refractivity contribution in [1.82, 2.24) is 10.6 Å². The predicted molar refractivity (Wildman–Crippen MR) is 83.4 cm³/mol. The fourth-order valence-electron chi connectivity index (χ4n) is 2.73. The van der Waals surface area contributed by atoms with Crippen molar-refractivity contribution in [2.45, 2.75) is 19.4 Å². The highest BCUT2D eigenvalue weighted by atomic mass is 35.5. The molecule has 134 valence electrons. The van der Waals surface area contributed by atoms with Crippen molar-refractivity contribution < 1.29 is 39.0 Å². The molecule has 2 rings (SSSR count). The number of hydrogen-bond acceptors (Lipinski definition) is 5. The number of ether oxygens (including phenoxy) is 3. The molecule has 0 saturated carbocycles. The monoisotopic (exact) mass is 364 g/mol. The molecule has 0 radical (unpaired) electrons. The molecule has 0 atom stereocenters. The fourth-order valence-corrected chi connectivity index (χ4v) is 2.73. The number of piperidine rings is 1. The average molecular weight is 365 g/mol. The van der Waals surface area contributed by atoms with Gasteiger partial charge in [-0.3, -0.25) is 0 Å². The number of nitrogens with one attached hydrogen (secondary N) is 2. The van der Waals surface area contributed by atoms with E-state index in [0.717, 1.165) is 49.2 Å². The molecule has 7 heteroatoms. The molecular formula is C16H26Cl2N2O3-2. The summed E-state index contributed by atoms with van der Waals surface area (Å²) in [7, 11) is 4.96. The summed E-state index contributed by atoms with van der Waals surface area (Å²) in [5, 5.41) is 6.92. The van der Waals surface area contributed by atoms with Gasteiger partial charge in [-0.25, -0.2) is 0 Å². The summed E-state index contributed by atoms with van der Waals surface area (Å²) in [6.45, 7) is 4.07. The van der Waals surface area contributed by atoms with Crippen LogP contribution < -0.4 is 49.7 Å². The van der Waals surface area contributed by atoms with E-state index >= 15 is 0 Å². The molecule has 0 aromatic heterocycles. The zero-order valence-corrected chi connectivity index (χ0v) is 15.5. The Morgan fingerprint density at radius 2 is 1.52 bits per heavy atom. The standard InChI is InChI=1S/C16H26N2O3.2ClH/c1-19-14-9-16(21-3)15(20-2)8-13(14)11-18-10-12-4-6-17-7-5-12;;/h8-9,12,17-18H,4-7,10-11H2,1-3H3;2*1H/p-2. The van der Waals surface area contributed by atoms with Crippen LogP contribution >= 0.6 is 0 Å². The van der Waals surface area contributed by atoms with E-state index < -0.39 is 0 Å². The third kappa shape index (κ3) is 6.26. The highest BCUT2D eigenvalue weighted by Gasteiger charge is 2.14. The minimum absolute atomic E-state index is 0. The van der Waals surface area contributed by atoms with Crippen molar-refractivity contribution in [3.8, 4) is 17.2 Å². The molecule has 23 heavy (non-hydrogen) atoms. The van der Waals surface area contributed by atoms with Gasteiger partial charge in [0, 0.05) is 18.2 Å². The second kappa shape index (κ2) is 11.6. The lowest BCUT2D eigenvalue weighted by atomic mass is 9.98. The molecule has 0 aliphatic carbocycles. The van der Waals surface area contributed by atoms with Gasteiger partial charge < -0.3 is 49.7 Å². The molecule has 1 aliphatic rings. The Bertz CT molecular complexity index is 455. The lowest BCUT2D eigenvalue weighted by molar-refractivity contribution is -0.001000. The molecule has 0 amide bonds. The van der Waals surface area contributed by atoms with Crippen molar-refractivity contribution in [3.05, 3.63) is 17.7 Å². The summed E-state index contributed by atoms with van der Waals surface area (Å²) in [5.74, 6) is 3.01. The van der Waals surface area contributed by atoms with Crippen LogP contribution in [-0.2, 0) is 6.54 Å². The molecule has 1 aliphatic heterocycles. The summed E-state index contributed by atoms with van der Waals surface area (Å²) in [6.07, 6.45) is 2.49. The Kier molecular flexibility index (Phi) is 11.2. The first-order chi connectivity index (χ1) is 10.3. The summed E-state index contributed by atoms with van der Waals surface area (Å²) < 4.78 is 16.1. The molecule has 1 heterocycles. The van der Waals surface area contributed by atoms with Gasteiger partial charge in [0.25, 0.3) is 0 Å². The maximum atomic E-state index is 5.44. The van der Waals surface area contributed by atoms with E-state index in [9.17, 15) is 0 Å². The van der Waals surface area contributed by atoms with Crippen molar-refractivity contribution in [2.24, 2.45) is 5.92 Å². The van der Waals surface area contributed by atoms with Crippen LogP contribution in [0.25, 0.3) is 0 Å². The van der Waals surface area contributed by atoms with E-state index in [1.165, 1.54) is 12.8 Å². The van der Waals surface area contributed by atoms with E-state index in [1.807, 2.05) is 12.1 Å². The molecule has 1 saturated heterocycles. The predicted octanol–water partition coefficient (Wildman–Crippen LogP) is -4.19. The van der Waals surface area contributed by atoms with Crippen molar-refractivity contribution in [2.75, 3.05) is 41.0 Å². The maximum Gasteiger partial charge on any atom is 0.164 e. The molecular weight excluding hydrogens is 339 g/mol. The van der Waals surface area contributed by atoms with Crippen molar-refractivity contribution in [3.63, 3.8) is 0 Å². The summed E-state index contributed by atoms with van der Waals surface area (Å²) >= 11 is 0. The minimum Gasteiger partial charge on any atom is -1.00 e. The molecule has 0 spiro atoms. The molecule has 1 aromatic rings. The minimum atomic E-state index is 0. The third-order valence-electron chi connectivity index (χ3n) is 3.99. The van der Waals surface area contributed by atoms with E-state index in [2.05, 4.69) is 10.6 Å². The van der Waals surface area contributed by atoms with Gasteiger partial charge in [-0.05, 0) is 44.5 Å². The van der Waals surface area contributed by atoms with Gasteiger partial charge in [-0.1, -0.05) is 0 Å². The second-order valence-corrected chi connectivity index (χ2v) is 5.34. The Balaban J connectivity index is 0.00000242. The first-order valence-electron chi connectivity index (χ1n) is 7.48. The largest absolute Gasteiger partial charge is 1.00 e. The summed E-state index contributed by atoms with van der Waals surface area (Å²) in [4.78, 5) is 0. The Hall–Kier alpha value is -0.880. The van der Waals surface area contributed by atoms with Crippen LogP contribution in [0.4, 0.5) is 0 Å². The number of halogens is 2. The van der Waals surface area contributed by atoms with Crippen LogP contribution in [0.1, 0.15) is 18.4 Å². The van der Waals surface area contributed by atoms with Gasteiger partial charge in [0.1, 0.15) is 5.75 Å².